The van der Waals surface area contributed by atoms with Crippen molar-refractivity contribution in [2.24, 2.45) is 0 Å². The zero-order valence-corrected chi connectivity index (χ0v) is 28.6. The highest BCUT2D eigenvalue weighted by atomic mass is 19.1. The maximum atomic E-state index is 15.0. The molecule has 1 saturated heterocycles. The zero-order chi connectivity index (χ0) is 34.5. The van der Waals surface area contributed by atoms with E-state index >= 15 is 4.39 Å². The fraction of sp³-hybridized carbons (Fsp3) is 0.571. The van der Waals surface area contributed by atoms with Crippen LogP contribution in [-0.4, -0.2) is 108 Å². The minimum Gasteiger partial charge on any atom is -0.486 e. The number of halogens is 2. The number of benzene rings is 2. The molecule has 12 heteroatoms. The van der Waals surface area contributed by atoms with Crippen LogP contribution in [0.2, 0.25) is 0 Å². The first-order valence-electron chi connectivity index (χ1n) is 16.1. The summed E-state index contributed by atoms with van der Waals surface area (Å²) in [6.45, 7) is 13.8. The van der Waals surface area contributed by atoms with Gasteiger partial charge in [0.25, 0.3) is 0 Å². The third-order valence-corrected chi connectivity index (χ3v) is 7.94. The number of rotatable bonds is 10. The molecule has 0 unspecified atom stereocenters. The van der Waals surface area contributed by atoms with Crippen LogP contribution in [0, 0.1) is 11.6 Å². The van der Waals surface area contributed by atoms with E-state index in [2.05, 4.69) is 4.90 Å². The van der Waals surface area contributed by atoms with Gasteiger partial charge in [-0.1, -0.05) is 30.3 Å². The molecule has 10 nitrogen and oxygen atoms in total. The van der Waals surface area contributed by atoms with Gasteiger partial charge >= 0.3 is 12.2 Å². The number of piperazine rings is 1. The summed E-state index contributed by atoms with van der Waals surface area (Å²) in [5, 5.41) is 0. The quantitative estimate of drug-likeness (QED) is 0.326. The van der Waals surface area contributed by atoms with Crippen molar-refractivity contribution in [1.82, 2.24) is 19.6 Å². The summed E-state index contributed by atoms with van der Waals surface area (Å²) < 4.78 is 46.4. The van der Waals surface area contributed by atoms with Crippen LogP contribution >= 0.6 is 0 Å². The molecule has 0 aromatic heterocycles. The molecular weight excluding hydrogens is 610 g/mol. The normalized spacial score (nSPS) is 18.4. The van der Waals surface area contributed by atoms with Gasteiger partial charge in [0.05, 0.1) is 0 Å². The van der Waals surface area contributed by atoms with Crippen molar-refractivity contribution in [2.45, 2.75) is 77.7 Å². The molecule has 2 aromatic rings. The molecule has 2 aliphatic rings. The lowest BCUT2D eigenvalue weighted by molar-refractivity contribution is -0.134. The molecule has 258 valence electrons. The molecule has 1 aliphatic heterocycles. The molecule has 4 rings (SSSR count). The van der Waals surface area contributed by atoms with Crippen LogP contribution < -0.4 is 4.74 Å². The van der Waals surface area contributed by atoms with Crippen LogP contribution in [0.1, 0.15) is 65.0 Å². The average molecular weight is 659 g/mol. The summed E-state index contributed by atoms with van der Waals surface area (Å²) in [7, 11) is 1.70. The molecule has 0 N–H and O–H groups in total. The van der Waals surface area contributed by atoms with E-state index in [1.165, 1.54) is 15.9 Å². The van der Waals surface area contributed by atoms with Gasteiger partial charge in [-0.3, -0.25) is 14.6 Å². The standard InChI is InChI=1S/C35H48F2N4O6/c1-34(2,3)46-32(43)38(7)13-14-39-15-17-40(18-16-39)30(42)22-41(33(44)47-35(4,5)6)29-21-26(29)27-19-25(36)20-28(37)31(27)45-23-24-11-9-8-10-12-24/h8-12,19-20,26,29H,13-18,21-23H2,1-7H3/t26-,29+/m0/s1. The first kappa shape index (κ1) is 35.9. The lowest BCUT2D eigenvalue weighted by Gasteiger charge is -2.36. The van der Waals surface area contributed by atoms with Crippen molar-refractivity contribution in [3.05, 3.63) is 65.2 Å². The number of amides is 3. The van der Waals surface area contributed by atoms with Crippen molar-refractivity contribution in [1.29, 1.82) is 0 Å². The fourth-order valence-corrected chi connectivity index (χ4v) is 5.42. The predicted octanol–water partition coefficient (Wildman–Crippen LogP) is 5.65. The molecule has 1 aliphatic carbocycles. The number of hydrogen-bond acceptors (Lipinski definition) is 7. The largest absolute Gasteiger partial charge is 0.486 e. The highest BCUT2D eigenvalue weighted by molar-refractivity contribution is 5.83. The van der Waals surface area contributed by atoms with Crippen LogP contribution in [0.4, 0.5) is 18.4 Å². The monoisotopic (exact) mass is 658 g/mol. The van der Waals surface area contributed by atoms with Gasteiger partial charge in [-0.25, -0.2) is 18.4 Å². The summed E-state index contributed by atoms with van der Waals surface area (Å²) in [5.41, 5.74) is -0.243. The van der Waals surface area contributed by atoms with Crippen molar-refractivity contribution in [3.8, 4) is 5.75 Å². The van der Waals surface area contributed by atoms with Crippen LogP contribution in [0.3, 0.4) is 0 Å². The van der Waals surface area contributed by atoms with Gasteiger partial charge in [0, 0.05) is 69.9 Å². The molecule has 2 aromatic carbocycles. The first-order valence-corrected chi connectivity index (χ1v) is 16.1. The number of carbonyl (C=O) groups excluding carboxylic acids is 3. The molecular formula is C35H48F2N4O6. The average Bonchev–Trinajstić information content (AvgIpc) is 3.77. The Morgan fingerprint density at radius 1 is 0.894 bits per heavy atom. The maximum absolute atomic E-state index is 15.0. The molecule has 3 amide bonds. The maximum Gasteiger partial charge on any atom is 0.411 e. The van der Waals surface area contributed by atoms with E-state index in [-0.39, 0.29) is 30.9 Å². The van der Waals surface area contributed by atoms with E-state index < -0.39 is 40.9 Å². The second kappa shape index (κ2) is 14.9. The Labute approximate surface area is 276 Å². The topological polar surface area (TPSA) is 91.9 Å². The van der Waals surface area contributed by atoms with Crippen LogP contribution in [-0.2, 0) is 20.9 Å². The molecule has 1 saturated carbocycles. The van der Waals surface area contributed by atoms with Crippen molar-refractivity contribution in [2.75, 3.05) is 52.9 Å². The van der Waals surface area contributed by atoms with E-state index in [9.17, 15) is 18.8 Å². The molecule has 47 heavy (non-hydrogen) atoms. The minimum atomic E-state index is -0.823. The smallest absolute Gasteiger partial charge is 0.411 e. The van der Waals surface area contributed by atoms with Gasteiger partial charge in [0.1, 0.15) is 30.2 Å². The van der Waals surface area contributed by atoms with Gasteiger partial charge in [-0.2, -0.15) is 0 Å². The molecule has 2 fully saturated rings. The number of carbonyl (C=O) groups is 3. The molecule has 1 heterocycles. The van der Waals surface area contributed by atoms with E-state index in [0.717, 1.165) is 11.6 Å². The minimum absolute atomic E-state index is 0.0633. The van der Waals surface area contributed by atoms with Crippen LogP contribution in [0.15, 0.2) is 42.5 Å². The third kappa shape index (κ3) is 10.5. The highest BCUT2D eigenvalue weighted by Crippen LogP contribution is 2.49. The zero-order valence-electron chi connectivity index (χ0n) is 28.6. The summed E-state index contributed by atoms with van der Waals surface area (Å²) in [6, 6.07) is 10.8. The number of hydrogen-bond donors (Lipinski definition) is 0. The van der Waals surface area contributed by atoms with Gasteiger partial charge in [-0.05, 0) is 59.6 Å². The highest BCUT2D eigenvalue weighted by Gasteiger charge is 2.49. The summed E-state index contributed by atoms with van der Waals surface area (Å²) >= 11 is 0. The second-order valence-corrected chi connectivity index (χ2v) is 14.2. The number of ether oxygens (including phenoxy) is 3. The molecule has 0 radical (unpaired) electrons. The number of likely N-dealkylation sites (N-methyl/N-ethyl adjacent to an activating group) is 1. The second-order valence-electron chi connectivity index (χ2n) is 14.2. The Morgan fingerprint density at radius 3 is 2.13 bits per heavy atom. The summed E-state index contributed by atoms with van der Waals surface area (Å²) in [4.78, 5) is 46.0. The first-order chi connectivity index (χ1) is 22.0. The Hall–Kier alpha value is -3.93. The van der Waals surface area contributed by atoms with E-state index in [0.29, 0.717) is 51.3 Å². The van der Waals surface area contributed by atoms with Gasteiger partial charge < -0.3 is 24.0 Å². The SMILES string of the molecule is CN(CCN1CCN(C(=O)CN(C(=O)OC(C)(C)C)[C@@H]2C[C@H]2c2cc(F)cc(F)c2OCc2ccccc2)CC1)C(=O)OC(C)(C)C. The Balaban J connectivity index is 1.40. The van der Waals surface area contributed by atoms with E-state index in [1.807, 2.05) is 51.1 Å². The molecule has 2 atom stereocenters. The Bertz CT molecular complexity index is 1400. The van der Waals surface area contributed by atoms with E-state index in [4.69, 9.17) is 14.2 Å². The van der Waals surface area contributed by atoms with Crippen molar-refractivity contribution < 1.29 is 37.4 Å². The summed E-state index contributed by atoms with van der Waals surface area (Å²) in [6.07, 6.45) is -0.649. The van der Waals surface area contributed by atoms with Crippen LogP contribution in [0.25, 0.3) is 0 Å². The Kier molecular flexibility index (Phi) is 11.4. The fourth-order valence-electron chi connectivity index (χ4n) is 5.42. The lowest BCUT2D eigenvalue weighted by atomic mass is 10.1. The number of nitrogens with zero attached hydrogens (tertiary/aromatic N) is 4. The van der Waals surface area contributed by atoms with Gasteiger partial charge in [-0.15, -0.1) is 0 Å². The Morgan fingerprint density at radius 2 is 1.51 bits per heavy atom. The third-order valence-electron chi connectivity index (χ3n) is 7.94. The van der Waals surface area contributed by atoms with Gasteiger partial charge in [0.2, 0.25) is 5.91 Å². The molecule has 0 bridgehead atoms. The molecule has 0 spiro atoms. The summed E-state index contributed by atoms with van der Waals surface area (Å²) in [5.74, 6) is -2.31. The van der Waals surface area contributed by atoms with Crippen LogP contribution in [0.5, 0.6) is 5.75 Å². The van der Waals surface area contributed by atoms with E-state index in [1.54, 1.807) is 32.7 Å². The predicted molar refractivity (Wildman–Crippen MR) is 173 cm³/mol. The lowest BCUT2D eigenvalue weighted by Crippen LogP contribution is -2.53. The van der Waals surface area contributed by atoms with Crippen molar-refractivity contribution in [3.63, 3.8) is 0 Å². The van der Waals surface area contributed by atoms with Crippen molar-refractivity contribution >= 4 is 18.1 Å². The van der Waals surface area contributed by atoms with Gasteiger partial charge in [0.15, 0.2) is 11.6 Å².